The van der Waals surface area contributed by atoms with Gasteiger partial charge in [-0.3, -0.25) is 0 Å². The largest absolute Gasteiger partial charge is 0.378 e. The van der Waals surface area contributed by atoms with E-state index in [1.165, 1.54) is 5.69 Å². The number of nitriles is 1. The monoisotopic (exact) mass is 381 g/mol. The maximum absolute atomic E-state index is 8.99. The van der Waals surface area contributed by atoms with Crippen LogP contribution in [0, 0.1) is 17.2 Å². The Labute approximate surface area is 162 Å². The molecule has 138 valence electrons. The van der Waals surface area contributed by atoms with Crippen LogP contribution in [-0.4, -0.2) is 41.3 Å². The molecule has 27 heavy (non-hydrogen) atoms. The molecule has 1 aliphatic heterocycles. The number of rotatable bonds is 4. The Kier molecular flexibility index (Phi) is 4.97. The molecule has 0 radical (unpaired) electrons. The number of nitrogens with zero attached hydrogens (tertiary/aromatic N) is 4. The highest BCUT2D eigenvalue weighted by molar-refractivity contribution is 6.33. The number of halogens is 1. The zero-order chi connectivity index (χ0) is 18.8. The molecule has 1 N–H and O–H groups in total. The van der Waals surface area contributed by atoms with E-state index in [9.17, 15) is 0 Å². The van der Waals surface area contributed by atoms with Gasteiger partial charge in [0.05, 0.1) is 41.4 Å². The summed E-state index contributed by atoms with van der Waals surface area (Å²) in [5.41, 5.74) is 4.24. The number of benzene rings is 1. The van der Waals surface area contributed by atoms with Gasteiger partial charge in [0.15, 0.2) is 5.65 Å². The van der Waals surface area contributed by atoms with Crippen LogP contribution in [0.5, 0.6) is 0 Å². The Hall–Kier alpha value is -2.62. The molecule has 3 aromatic rings. The molecule has 0 saturated carbocycles. The van der Waals surface area contributed by atoms with Crippen LogP contribution in [0.25, 0.3) is 22.4 Å². The van der Waals surface area contributed by atoms with Gasteiger partial charge in [-0.1, -0.05) is 23.7 Å². The second kappa shape index (κ2) is 7.55. The predicted octanol–water partition coefficient (Wildman–Crippen LogP) is 3.82. The van der Waals surface area contributed by atoms with Crippen LogP contribution < -0.4 is 4.90 Å². The third kappa shape index (κ3) is 3.75. The third-order valence-corrected chi connectivity index (χ3v) is 5.00. The number of hydrogen-bond acceptors (Lipinski definition) is 5. The number of fused-ring (bicyclic) bond motifs is 1. The molecule has 1 saturated heterocycles. The van der Waals surface area contributed by atoms with Crippen molar-refractivity contribution in [1.29, 1.82) is 5.26 Å². The van der Waals surface area contributed by atoms with Gasteiger partial charge in [-0.2, -0.15) is 5.26 Å². The summed E-state index contributed by atoms with van der Waals surface area (Å²) >= 11 is 6.48. The van der Waals surface area contributed by atoms with Gasteiger partial charge in [0, 0.05) is 30.8 Å². The summed E-state index contributed by atoms with van der Waals surface area (Å²) < 4.78 is 5.41. The predicted molar refractivity (Wildman–Crippen MR) is 106 cm³/mol. The van der Waals surface area contributed by atoms with Crippen molar-refractivity contribution in [3.05, 3.63) is 41.2 Å². The van der Waals surface area contributed by atoms with E-state index >= 15 is 0 Å². The number of pyridine rings is 1. The quantitative estimate of drug-likeness (QED) is 0.743. The zero-order valence-corrected chi connectivity index (χ0v) is 15.8. The summed E-state index contributed by atoms with van der Waals surface area (Å²) in [6, 6.07) is 12.3. The molecule has 0 bridgehead atoms. The molecular weight excluding hydrogens is 362 g/mol. The molecule has 7 heteroatoms. The Bertz CT molecular complexity index is 986. The van der Waals surface area contributed by atoms with E-state index in [-0.39, 0.29) is 5.92 Å². The van der Waals surface area contributed by atoms with E-state index in [1.54, 1.807) is 0 Å². The first-order valence-corrected chi connectivity index (χ1v) is 9.39. The van der Waals surface area contributed by atoms with Crippen LogP contribution >= 0.6 is 11.6 Å². The van der Waals surface area contributed by atoms with Crippen LogP contribution in [0.2, 0.25) is 5.02 Å². The first-order chi connectivity index (χ1) is 13.1. The standard InChI is InChI=1S/C20H20ClN5O/c1-13(12-22)10-18-23-17-11-16(21)19(25-20(17)24-18)14-2-4-15(5-3-14)26-6-8-27-9-7-26/h2-5,11,13H,6-10H2,1H3,(H,23,24,25). The van der Waals surface area contributed by atoms with Crippen LogP contribution in [0.1, 0.15) is 12.7 Å². The van der Waals surface area contributed by atoms with Crippen molar-refractivity contribution in [2.45, 2.75) is 13.3 Å². The lowest BCUT2D eigenvalue weighted by Crippen LogP contribution is -2.36. The van der Waals surface area contributed by atoms with Crippen molar-refractivity contribution >= 4 is 28.5 Å². The molecule has 1 atom stereocenters. The van der Waals surface area contributed by atoms with Gasteiger partial charge in [-0.05, 0) is 25.1 Å². The maximum atomic E-state index is 8.99. The molecule has 0 amide bonds. The summed E-state index contributed by atoms with van der Waals surface area (Å²) in [5, 5.41) is 9.56. The van der Waals surface area contributed by atoms with E-state index in [0.29, 0.717) is 22.8 Å². The summed E-state index contributed by atoms with van der Waals surface area (Å²) in [4.78, 5) is 14.7. The second-order valence-electron chi connectivity index (χ2n) is 6.75. The van der Waals surface area contributed by atoms with E-state index in [1.807, 2.05) is 25.1 Å². The van der Waals surface area contributed by atoms with Crippen LogP contribution in [0.3, 0.4) is 0 Å². The molecule has 1 unspecified atom stereocenters. The normalized spacial score (nSPS) is 15.7. The van der Waals surface area contributed by atoms with Gasteiger partial charge in [-0.25, -0.2) is 9.97 Å². The molecule has 4 rings (SSSR count). The number of anilines is 1. The lowest BCUT2D eigenvalue weighted by molar-refractivity contribution is 0.122. The number of H-pyrrole nitrogens is 1. The average molecular weight is 382 g/mol. The first-order valence-electron chi connectivity index (χ1n) is 9.02. The molecule has 6 nitrogen and oxygen atoms in total. The number of nitrogens with one attached hydrogen (secondary N) is 1. The minimum atomic E-state index is -0.103. The summed E-state index contributed by atoms with van der Waals surface area (Å²) in [6.45, 7) is 5.20. The second-order valence-corrected chi connectivity index (χ2v) is 7.16. The minimum absolute atomic E-state index is 0.103. The van der Waals surface area contributed by atoms with Gasteiger partial charge >= 0.3 is 0 Å². The molecule has 1 aromatic carbocycles. The average Bonchev–Trinajstić information content (AvgIpc) is 3.09. The fourth-order valence-corrected chi connectivity index (χ4v) is 3.51. The number of ether oxygens (including phenoxy) is 1. The van der Waals surface area contributed by atoms with Crippen molar-refractivity contribution in [3.63, 3.8) is 0 Å². The van der Waals surface area contributed by atoms with E-state index in [2.05, 4.69) is 38.1 Å². The van der Waals surface area contributed by atoms with Crippen molar-refractivity contribution < 1.29 is 4.74 Å². The Morgan fingerprint density at radius 3 is 2.70 bits per heavy atom. The lowest BCUT2D eigenvalue weighted by atomic mass is 10.1. The summed E-state index contributed by atoms with van der Waals surface area (Å²) in [7, 11) is 0. The Balaban J connectivity index is 1.62. The molecule has 1 aliphatic rings. The Morgan fingerprint density at radius 2 is 2.00 bits per heavy atom. The maximum Gasteiger partial charge on any atom is 0.178 e. The van der Waals surface area contributed by atoms with Gasteiger partial charge in [0.25, 0.3) is 0 Å². The van der Waals surface area contributed by atoms with Crippen LogP contribution in [0.15, 0.2) is 30.3 Å². The fraction of sp³-hybridized carbons (Fsp3) is 0.350. The zero-order valence-electron chi connectivity index (χ0n) is 15.1. The number of aromatic nitrogens is 3. The van der Waals surface area contributed by atoms with Gasteiger partial charge in [0.1, 0.15) is 5.82 Å². The molecule has 0 spiro atoms. The molecule has 2 aromatic heterocycles. The molecule has 3 heterocycles. The number of aromatic amines is 1. The number of morpholine rings is 1. The Morgan fingerprint density at radius 1 is 1.26 bits per heavy atom. The SMILES string of the molecule is CC(C#N)Cc1nc2nc(-c3ccc(N4CCOCC4)cc3)c(Cl)cc2[nH]1. The summed E-state index contributed by atoms with van der Waals surface area (Å²) in [6.07, 6.45) is 0.564. The third-order valence-electron chi connectivity index (χ3n) is 4.71. The first kappa shape index (κ1) is 17.8. The van der Waals surface area contributed by atoms with Gasteiger partial charge in [0.2, 0.25) is 0 Å². The smallest absolute Gasteiger partial charge is 0.178 e. The number of hydrogen-bond donors (Lipinski definition) is 1. The highest BCUT2D eigenvalue weighted by Crippen LogP contribution is 2.30. The molecular formula is C20H20ClN5O. The van der Waals surface area contributed by atoms with Gasteiger partial charge < -0.3 is 14.6 Å². The van der Waals surface area contributed by atoms with E-state index < -0.39 is 0 Å². The topological polar surface area (TPSA) is 77.8 Å². The van der Waals surface area contributed by atoms with Crippen molar-refractivity contribution in [3.8, 4) is 17.3 Å². The van der Waals surface area contributed by atoms with Crippen molar-refractivity contribution in [2.75, 3.05) is 31.2 Å². The minimum Gasteiger partial charge on any atom is -0.378 e. The fourth-order valence-electron chi connectivity index (χ4n) is 3.25. The highest BCUT2D eigenvalue weighted by Gasteiger charge is 2.14. The van der Waals surface area contributed by atoms with Gasteiger partial charge in [-0.15, -0.1) is 0 Å². The number of imidazole rings is 1. The lowest BCUT2D eigenvalue weighted by Gasteiger charge is -2.28. The molecule has 0 aliphatic carbocycles. The van der Waals surface area contributed by atoms with E-state index in [0.717, 1.165) is 43.2 Å². The highest BCUT2D eigenvalue weighted by atomic mass is 35.5. The van der Waals surface area contributed by atoms with Crippen LogP contribution in [0.4, 0.5) is 5.69 Å². The van der Waals surface area contributed by atoms with E-state index in [4.69, 9.17) is 21.6 Å². The van der Waals surface area contributed by atoms with Crippen LogP contribution in [-0.2, 0) is 11.2 Å². The van der Waals surface area contributed by atoms with Crippen molar-refractivity contribution in [1.82, 2.24) is 15.0 Å². The summed E-state index contributed by atoms with van der Waals surface area (Å²) in [5.74, 6) is 0.649. The molecule has 1 fully saturated rings. The van der Waals surface area contributed by atoms with Crippen molar-refractivity contribution in [2.24, 2.45) is 5.92 Å².